The Hall–Kier alpha value is -0.810. The number of hydrogen-bond acceptors (Lipinski definition) is 5. The predicted octanol–water partition coefficient (Wildman–Crippen LogP) is 2.67. The van der Waals surface area contributed by atoms with Crippen molar-refractivity contribution in [1.82, 2.24) is 9.97 Å². The molecular formula is C12H21N3OS. The van der Waals surface area contributed by atoms with E-state index < -0.39 is 0 Å². The SMILES string of the molecule is COCCC(C)(C)CNc1cc(SC)ncn1. The second kappa shape index (κ2) is 6.81. The van der Waals surface area contributed by atoms with Crippen LogP contribution < -0.4 is 5.32 Å². The molecule has 0 saturated carbocycles. The van der Waals surface area contributed by atoms with Gasteiger partial charge in [0.1, 0.15) is 17.2 Å². The summed E-state index contributed by atoms with van der Waals surface area (Å²) in [5.41, 5.74) is 0.195. The van der Waals surface area contributed by atoms with E-state index in [2.05, 4.69) is 29.1 Å². The minimum atomic E-state index is 0.195. The van der Waals surface area contributed by atoms with E-state index in [1.165, 1.54) is 0 Å². The largest absolute Gasteiger partial charge is 0.385 e. The van der Waals surface area contributed by atoms with E-state index in [-0.39, 0.29) is 5.41 Å². The molecule has 0 bridgehead atoms. The fourth-order valence-corrected chi connectivity index (χ4v) is 1.73. The van der Waals surface area contributed by atoms with Gasteiger partial charge in [-0.05, 0) is 18.1 Å². The van der Waals surface area contributed by atoms with Crippen LogP contribution in [0.2, 0.25) is 0 Å². The molecule has 4 nitrogen and oxygen atoms in total. The maximum Gasteiger partial charge on any atom is 0.130 e. The van der Waals surface area contributed by atoms with E-state index in [9.17, 15) is 0 Å². The number of aromatic nitrogens is 2. The first kappa shape index (κ1) is 14.3. The van der Waals surface area contributed by atoms with Crippen molar-refractivity contribution in [3.63, 3.8) is 0 Å². The number of thioether (sulfide) groups is 1. The Kier molecular flexibility index (Phi) is 5.71. The van der Waals surface area contributed by atoms with E-state index in [1.807, 2.05) is 12.3 Å². The zero-order valence-electron chi connectivity index (χ0n) is 11.0. The topological polar surface area (TPSA) is 47.0 Å². The van der Waals surface area contributed by atoms with Gasteiger partial charge in [0, 0.05) is 26.3 Å². The third kappa shape index (κ3) is 5.37. The Bertz CT molecular complexity index is 344. The highest BCUT2D eigenvalue weighted by Gasteiger charge is 2.17. The van der Waals surface area contributed by atoms with Crippen LogP contribution in [-0.2, 0) is 4.74 Å². The second-order valence-electron chi connectivity index (χ2n) is 4.71. The summed E-state index contributed by atoms with van der Waals surface area (Å²) in [5, 5.41) is 4.33. The normalized spacial score (nSPS) is 11.5. The molecule has 0 fully saturated rings. The summed E-state index contributed by atoms with van der Waals surface area (Å²) in [6, 6.07) is 1.97. The van der Waals surface area contributed by atoms with Gasteiger partial charge in [-0.3, -0.25) is 0 Å². The molecule has 1 rings (SSSR count). The van der Waals surface area contributed by atoms with Crippen molar-refractivity contribution < 1.29 is 4.74 Å². The van der Waals surface area contributed by atoms with Gasteiger partial charge in [-0.15, -0.1) is 11.8 Å². The molecule has 0 atom stereocenters. The third-order valence-electron chi connectivity index (χ3n) is 2.58. The van der Waals surface area contributed by atoms with Crippen molar-refractivity contribution in [1.29, 1.82) is 0 Å². The molecule has 1 aromatic rings. The van der Waals surface area contributed by atoms with E-state index in [4.69, 9.17) is 4.74 Å². The summed E-state index contributed by atoms with van der Waals surface area (Å²) >= 11 is 1.62. The number of nitrogens with one attached hydrogen (secondary N) is 1. The van der Waals surface area contributed by atoms with Gasteiger partial charge in [-0.1, -0.05) is 13.8 Å². The van der Waals surface area contributed by atoms with Crippen LogP contribution >= 0.6 is 11.8 Å². The standard InChI is InChI=1S/C12H21N3OS/c1-12(2,5-6-16-3)8-13-10-7-11(17-4)15-9-14-10/h7,9H,5-6,8H2,1-4H3,(H,13,14,15). The van der Waals surface area contributed by atoms with Crippen molar-refractivity contribution in [3.05, 3.63) is 12.4 Å². The molecule has 0 aromatic carbocycles. The summed E-state index contributed by atoms with van der Waals surface area (Å²) in [7, 11) is 1.73. The van der Waals surface area contributed by atoms with Crippen LogP contribution in [0.4, 0.5) is 5.82 Å². The first-order valence-electron chi connectivity index (χ1n) is 5.66. The van der Waals surface area contributed by atoms with E-state index in [0.29, 0.717) is 0 Å². The number of hydrogen-bond donors (Lipinski definition) is 1. The van der Waals surface area contributed by atoms with Crippen molar-refractivity contribution in [3.8, 4) is 0 Å². The summed E-state index contributed by atoms with van der Waals surface area (Å²) < 4.78 is 5.11. The molecule has 1 heterocycles. The van der Waals surface area contributed by atoms with Crippen LogP contribution in [0.15, 0.2) is 17.4 Å². The summed E-state index contributed by atoms with van der Waals surface area (Å²) in [5.74, 6) is 0.884. The number of anilines is 1. The summed E-state index contributed by atoms with van der Waals surface area (Å²) in [6.45, 7) is 6.10. The first-order valence-corrected chi connectivity index (χ1v) is 6.89. The van der Waals surface area contributed by atoms with E-state index in [0.717, 1.165) is 30.4 Å². The Balaban J connectivity index is 2.48. The van der Waals surface area contributed by atoms with Gasteiger partial charge < -0.3 is 10.1 Å². The maximum atomic E-state index is 5.11. The Morgan fingerprint density at radius 2 is 2.18 bits per heavy atom. The quantitative estimate of drug-likeness (QED) is 0.599. The lowest BCUT2D eigenvalue weighted by Gasteiger charge is -2.24. The Morgan fingerprint density at radius 1 is 1.41 bits per heavy atom. The molecular weight excluding hydrogens is 234 g/mol. The number of ether oxygens (including phenoxy) is 1. The lowest BCUT2D eigenvalue weighted by Crippen LogP contribution is -2.25. The molecule has 0 aliphatic rings. The molecule has 5 heteroatoms. The van der Waals surface area contributed by atoms with Gasteiger partial charge >= 0.3 is 0 Å². The second-order valence-corrected chi connectivity index (χ2v) is 5.53. The lowest BCUT2D eigenvalue weighted by molar-refractivity contribution is 0.157. The molecule has 0 unspecified atom stereocenters. The number of nitrogens with zero attached hydrogens (tertiary/aromatic N) is 2. The number of rotatable bonds is 7. The predicted molar refractivity (Wildman–Crippen MR) is 72.6 cm³/mol. The third-order valence-corrected chi connectivity index (χ3v) is 3.22. The van der Waals surface area contributed by atoms with Crippen molar-refractivity contribution in [2.75, 3.05) is 31.8 Å². The minimum Gasteiger partial charge on any atom is -0.385 e. The fourth-order valence-electron chi connectivity index (χ4n) is 1.34. The van der Waals surface area contributed by atoms with Gasteiger partial charge in [-0.25, -0.2) is 9.97 Å². The average molecular weight is 255 g/mol. The van der Waals surface area contributed by atoms with Crippen LogP contribution in [0.3, 0.4) is 0 Å². The van der Waals surface area contributed by atoms with Crippen molar-refractivity contribution >= 4 is 17.6 Å². The minimum absolute atomic E-state index is 0.195. The molecule has 0 spiro atoms. The van der Waals surface area contributed by atoms with Crippen LogP contribution in [0, 0.1) is 5.41 Å². The molecule has 17 heavy (non-hydrogen) atoms. The van der Waals surface area contributed by atoms with Crippen LogP contribution in [0.5, 0.6) is 0 Å². The van der Waals surface area contributed by atoms with Crippen molar-refractivity contribution in [2.45, 2.75) is 25.3 Å². The summed E-state index contributed by atoms with van der Waals surface area (Å²) in [6.07, 6.45) is 4.63. The maximum absolute atomic E-state index is 5.11. The molecule has 0 radical (unpaired) electrons. The molecule has 0 saturated heterocycles. The molecule has 96 valence electrons. The monoisotopic (exact) mass is 255 g/mol. The smallest absolute Gasteiger partial charge is 0.130 e. The molecule has 0 amide bonds. The zero-order valence-corrected chi connectivity index (χ0v) is 11.8. The summed E-state index contributed by atoms with van der Waals surface area (Å²) in [4.78, 5) is 8.35. The Labute approximate surface area is 108 Å². The van der Waals surface area contributed by atoms with Crippen molar-refractivity contribution in [2.24, 2.45) is 5.41 Å². The fraction of sp³-hybridized carbons (Fsp3) is 0.667. The van der Waals surface area contributed by atoms with Gasteiger partial charge in [0.05, 0.1) is 0 Å². The van der Waals surface area contributed by atoms with Crippen LogP contribution in [0.25, 0.3) is 0 Å². The molecule has 0 aliphatic heterocycles. The first-order chi connectivity index (χ1) is 8.07. The van der Waals surface area contributed by atoms with Gasteiger partial charge in [0.15, 0.2) is 0 Å². The van der Waals surface area contributed by atoms with Gasteiger partial charge in [-0.2, -0.15) is 0 Å². The molecule has 1 N–H and O–H groups in total. The zero-order chi connectivity index (χ0) is 12.7. The highest BCUT2D eigenvalue weighted by molar-refractivity contribution is 7.98. The Morgan fingerprint density at radius 3 is 2.82 bits per heavy atom. The highest BCUT2D eigenvalue weighted by atomic mass is 32.2. The van der Waals surface area contributed by atoms with Crippen LogP contribution in [0.1, 0.15) is 20.3 Å². The van der Waals surface area contributed by atoms with Crippen LogP contribution in [-0.4, -0.2) is 36.5 Å². The molecule has 0 aliphatic carbocycles. The number of methoxy groups -OCH3 is 1. The average Bonchev–Trinajstić information content (AvgIpc) is 2.34. The molecule has 1 aromatic heterocycles. The van der Waals surface area contributed by atoms with Gasteiger partial charge in [0.25, 0.3) is 0 Å². The highest BCUT2D eigenvalue weighted by Crippen LogP contribution is 2.21. The van der Waals surface area contributed by atoms with E-state index >= 15 is 0 Å². The lowest BCUT2D eigenvalue weighted by atomic mass is 9.90. The van der Waals surface area contributed by atoms with Gasteiger partial charge in [0.2, 0.25) is 0 Å². The van der Waals surface area contributed by atoms with E-state index in [1.54, 1.807) is 25.2 Å².